The highest BCUT2D eigenvalue weighted by atomic mass is 35.5. The molecule has 3 heteroatoms. The third-order valence-corrected chi connectivity index (χ3v) is 8.64. The van der Waals surface area contributed by atoms with Gasteiger partial charge in [-0.3, -0.25) is 0 Å². The normalized spacial score (nSPS) is 12.1. The topological polar surface area (TPSA) is 18.5 Å². The Morgan fingerprint density at radius 3 is 1.17 bits per heavy atom. The summed E-state index contributed by atoms with van der Waals surface area (Å²) in [4.78, 5) is 0. The molecule has 1 radical (unpaired) electrons. The molecule has 0 unspecified atom stereocenters. The average Bonchev–Trinajstić information content (AvgIpc) is 3.05. The van der Waals surface area contributed by atoms with Crippen LogP contribution in [0.4, 0.5) is 0 Å². The van der Waals surface area contributed by atoms with Crippen molar-refractivity contribution in [3.05, 3.63) is 78.3 Å². The van der Waals surface area contributed by atoms with Gasteiger partial charge >= 0.3 is 0 Å². The summed E-state index contributed by atoms with van der Waals surface area (Å²) in [5.41, 5.74) is 0.878. The maximum atomic E-state index is 6.64. The van der Waals surface area contributed by atoms with Gasteiger partial charge in [-0.25, -0.2) is 0 Å². The molecule has 0 aliphatic heterocycles. The SMILES string of the molecule is [CH2]c1cc(OCCCCCCCC/C=C\C/C=C\CCCCC)c(Cl)c(OCCCCCCCC/C=C\C/C=C\CCCCC)c1. The first-order valence-electron chi connectivity index (χ1n) is 19.2. The first kappa shape index (κ1) is 42.1. The fourth-order valence-electron chi connectivity index (χ4n) is 5.38. The van der Waals surface area contributed by atoms with Gasteiger partial charge in [-0.15, -0.1) is 0 Å². The van der Waals surface area contributed by atoms with E-state index in [1.165, 1.54) is 128 Å². The van der Waals surface area contributed by atoms with Gasteiger partial charge in [0, 0.05) is 0 Å². The molecule has 1 aromatic rings. The van der Waals surface area contributed by atoms with Crippen molar-refractivity contribution in [2.75, 3.05) is 13.2 Å². The van der Waals surface area contributed by atoms with E-state index in [1.54, 1.807) is 0 Å². The zero-order chi connectivity index (χ0) is 33.2. The number of rotatable bonds is 32. The average molecular weight is 654 g/mol. The lowest BCUT2D eigenvalue weighted by molar-refractivity contribution is 0.290. The van der Waals surface area contributed by atoms with E-state index in [9.17, 15) is 0 Å². The first-order valence-corrected chi connectivity index (χ1v) is 19.6. The van der Waals surface area contributed by atoms with E-state index in [1.807, 2.05) is 12.1 Å². The van der Waals surface area contributed by atoms with Gasteiger partial charge < -0.3 is 9.47 Å². The first-order chi connectivity index (χ1) is 22.7. The Morgan fingerprint density at radius 1 is 0.478 bits per heavy atom. The molecule has 0 spiro atoms. The highest BCUT2D eigenvalue weighted by Gasteiger charge is 2.10. The van der Waals surface area contributed by atoms with E-state index in [4.69, 9.17) is 21.1 Å². The van der Waals surface area contributed by atoms with Crippen LogP contribution in [0.25, 0.3) is 0 Å². The fourth-order valence-corrected chi connectivity index (χ4v) is 5.60. The Kier molecular flexibility index (Phi) is 30.2. The molecule has 0 fully saturated rings. The summed E-state index contributed by atoms with van der Waals surface area (Å²) in [5, 5.41) is 0.576. The van der Waals surface area contributed by atoms with Crippen molar-refractivity contribution in [3.8, 4) is 11.5 Å². The van der Waals surface area contributed by atoms with Crippen LogP contribution in [0.15, 0.2) is 60.7 Å². The number of hydrogen-bond donors (Lipinski definition) is 0. The minimum absolute atomic E-state index is 0.576. The largest absolute Gasteiger partial charge is 0.492 e. The number of unbranched alkanes of at least 4 members (excludes halogenated alkanes) is 18. The summed E-state index contributed by atoms with van der Waals surface area (Å²) >= 11 is 6.64. The van der Waals surface area contributed by atoms with E-state index in [2.05, 4.69) is 69.4 Å². The summed E-state index contributed by atoms with van der Waals surface area (Å²) in [6, 6.07) is 3.84. The Bertz CT molecular complexity index is 858. The van der Waals surface area contributed by atoms with Gasteiger partial charge in [0.2, 0.25) is 0 Å². The molecule has 46 heavy (non-hydrogen) atoms. The predicted molar refractivity (Wildman–Crippen MR) is 206 cm³/mol. The van der Waals surface area contributed by atoms with Crippen molar-refractivity contribution in [1.82, 2.24) is 0 Å². The molecule has 1 rings (SSSR count). The minimum Gasteiger partial charge on any atom is -0.492 e. The van der Waals surface area contributed by atoms with Crippen LogP contribution in [0.1, 0.15) is 174 Å². The zero-order valence-electron chi connectivity index (χ0n) is 30.1. The van der Waals surface area contributed by atoms with Crippen molar-refractivity contribution in [1.29, 1.82) is 0 Å². The molecule has 0 heterocycles. The van der Waals surface area contributed by atoms with Crippen LogP contribution < -0.4 is 9.47 Å². The lowest BCUT2D eigenvalue weighted by atomic mass is 10.1. The lowest BCUT2D eigenvalue weighted by Gasteiger charge is -2.14. The number of benzene rings is 1. The fraction of sp³-hybridized carbons (Fsp3) is 0.651. The van der Waals surface area contributed by atoms with Crippen LogP contribution >= 0.6 is 11.6 Å². The van der Waals surface area contributed by atoms with E-state index in [0.29, 0.717) is 29.7 Å². The molecular formula is C43H70ClO2. The van der Waals surface area contributed by atoms with E-state index < -0.39 is 0 Å². The summed E-state index contributed by atoms with van der Waals surface area (Å²) < 4.78 is 12.1. The molecule has 0 aliphatic carbocycles. The summed E-state index contributed by atoms with van der Waals surface area (Å²) in [6.07, 6.45) is 48.4. The zero-order valence-corrected chi connectivity index (χ0v) is 30.8. The molecule has 0 N–H and O–H groups in total. The van der Waals surface area contributed by atoms with Crippen molar-refractivity contribution in [2.45, 2.75) is 168 Å². The molecule has 1 aromatic carbocycles. The van der Waals surface area contributed by atoms with Gasteiger partial charge in [0.1, 0.15) is 16.5 Å². The molecule has 0 saturated carbocycles. The Hall–Kier alpha value is -1.93. The highest BCUT2D eigenvalue weighted by molar-refractivity contribution is 6.33. The second kappa shape index (κ2) is 33.0. The number of ether oxygens (including phenoxy) is 2. The lowest BCUT2D eigenvalue weighted by Crippen LogP contribution is -2.02. The minimum atomic E-state index is 0.576. The monoisotopic (exact) mass is 654 g/mol. The second-order valence-electron chi connectivity index (χ2n) is 12.8. The molecule has 261 valence electrons. The van der Waals surface area contributed by atoms with Crippen LogP contribution in [0.2, 0.25) is 5.02 Å². The maximum absolute atomic E-state index is 6.64. The molecule has 0 aliphatic rings. The summed E-state index contributed by atoms with van der Waals surface area (Å²) in [6.45, 7) is 9.98. The van der Waals surface area contributed by atoms with E-state index in [-0.39, 0.29) is 0 Å². The van der Waals surface area contributed by atoms with Gasteiger partial charge in [-0.05, 0) is 102 Å². The van der Waals surface area contributed by atoms with Crippen LogP contribution in [0, 0.1) is 6.92 Å². The second-order valence-corrected chi connectivity index (χ2v) is 13.1. The number of halogens is 1. The Labute approximate surface area is 291 Å². The molecule has 0 aromatic heterocycles. The molecular weight excluding hydrogens is 584 g/mol. The van der Waals surface area contributed by atoms with Crippen molar-refractivity contribution in [2.24, 2.45) is 0 Å². The smallest absolute Gasteiger partial charge is 0.141 e. The van der Waals surface area contributed by atoms with Crippen LogP contribution in [-0.2, 0) is 0 Å². The van der Waals surface area contributed by atoms with Crippen molar-refractivity contribution < 1.29 is 9.47 Å². The third-order valence-electron chi connectivity index (χ3n) is 8.27. The van der Waals surface area contributed by atoms with E-state index >= 15 is 0 Å². The van der Waals surface area contributed by atoms with E-state index in [0.717, 1.165) is 31.2 Å². The van der Waals surface area contributed by atoms with Crippen LogP contribution in [0.5, 0.6) is 11.5 Å². The van der Waals surface area contributed by atoms with Crippen molar-refractivity contribution in [3.63, 3.8) is 0 Å². The molecule has 0 bridgehead atoms. The molecule has 0 atom stereocenters. The number of hydrogen-bond acceptors (Lipinski definition) is 2. The van der Waals surface area contributed by atoms with Gasteiger partial charge in [0.05, 0.1) is 13.2 Å². The summed E-state index contributed by atoms with van der Waals surface area (Å²) in [5.74, 6) is 1.40. The predicted octanol–water partition coefficient (Wildman–Crippen LogP) is 14.9. The molecule has 2 nitrogen and oxygen atoms in total. The Balaban J connectivity index is 2.04. The number of allylic oxidation sites excluding steroid dienone is 8. The third kappa shape index (κ3) is 26.2. The van der Waals surface area contributed by atoms with Crippen LogP contribution in [0.3, 0.4) is 0 Å². The quantitative estimate of drug-likeness (QED) is 0.0569. The van der Waals surface area contributed by atoms with Gasteiger partial charge in [0.15, 0.2) is 0 Å². The molecule has 0 amide bonds. The Morgan fingerprint density at radius 2 is 0.804 bits per heavy atom. The van der Waals surface area contributed by atoms with Crippen LogP contribution in [-0.4, -0.2) is 13.2 Å². The van der Waals surface area contributed by atoms with Gasteiger partial charge in [0.25, 0.3) is 0 Å². The maximum Gasteiger partial charge on any atom is 0.141 e. The van der Waals surface area contributed by atoms with Crippen molar-refractivity contribution >= 4 is 11.6 Å². The van der Waals surface area contributed by atoms with Gasteiger partial charge in [-0.2, -0.15) is 0 Å². The highest BCUT2D eigenvalue weighted by Crippen LogP contribution is 2.36. The standard InChI is InChI=1S/C43H70ClO2/c1-4-6-8-10-12-14-16-18-20-22-24-26-28-30-32-34-36-45-41-38-40(3)39-42(43(41)44)46-37-35-33-31-29-27-25-23-21-19-17-15-13-11-9-7-5-2/h12-15,18-21,38-39H,3-11,16-17,22-37H2,1-2H3/b14-12-,15-13-,20-18-,21-19-. The molecule has 0 saturated heterocycles. The summed E-state index contributed by atoms with van der Waals surface area (Å²) in [7, 11) is 0. The van der Waals surface area contributed by atoms with Gasteiger partial charge in [-0.1, -0.05) is 151 Å².